The minimum absolute atomic E-state index is 0.0106. The second-order valence-electron chi connectivity index (χ2n) is 15.0. The van der Waals surface area contributed by atoms with Gasteiger partial charge in [-0.15, -0.1) is 0 Å². The lowest BCUT2D eigenvalue weighted by Gasteiger charge is -2.44. The van der Waals surface area contributed by atoms with E-state index in [4.69, 9.17) is 9.47 Å². The first-order chi connectivity index (χ1) is 27.4. The van der Waals surface area contributed by atoms with E-state index >= 15 is 0 Å². The molecule has 56 heavy (non-hydrogen) atoms. The van der Waals surface area contributed by atoms with Gasteiger partial charge in [-0.1, -0.05) is 122 Å². The van der Waals surface area contributed by atoms with E-state index in [2.05, 4.69) is 57.8 Å². The van der Waals surface area contributed by atoms with Gasteiger partial charge in [-0.2, -0.15) is 0 Å². The number of nitrogens with one attached hydrogen (secondary N) is 3. The first-order valence-electron chi connectivity index (χ1n) is 19.6. The Bertz CT molecular complexity index is 2280. The van der Waals surface area contributed by atoms with Crippen molar-refractivity contribution >= 4 is 17.1 Å². The molecule has 2 fully saturated rings. The summed E-state index contributed by atoms with van der Waals surface area (Å²) in [7, 11) is 0. The average Bonchev–Trinajstić information content (AvgIpc) is 3.59. The number of aromatic nitrogens is 2. The molecule has 4 N–H and O–H groups in total. The summed E-state index contributed by atoms with van der Waals surface area (Å²) in [5, 5.41) is 15.6. The molecule has 4 atom stereocenters. The molecule has 0 spiro atoms. The van der Waals surface area contributed by atoms with Crippen LogP contribution in [-0.2, 0) is 29.2 Å². The molecule has 0 unspecified atom stereocenters. The van der Waals surface area contributed by atoms with Gasteiger partial charge in [-0.3, -0.25) is 4.57 Å². The van der Waals surface area contributed by atoms with Gasteiger partial charge in [0, 0.05) is 50.2 Å². The standard InChI is InChI=1S/C46H49N5O5/c1-31-42(29-50-25-23-38(24-26-50)51-41-14-8-7-13-40(41)49-46(51)54)55-44(56-43(31)35-17-15-33(30-52)16-18-35)36-21-19-34(20-22-36)39-12-6-5-11-37(39)28-48-45(53)47-27-32-9-3-2-4-10-32/h2-22,31,38,42-44,52H,23-30H2,1H3,(H,49,54)(H2,47,48,53)/t31-,42+,43+,44+/m1/s1. The Labute approximate surface area is 327 Å². The first kappa shape index (κ1) is 37.4. The number of imidazole rings is 1. The molecule has 0 bridgehead atoms. The van der Waals surface area contributed by atoms with Crippen molar-refractivity contribution in [1.82, 2.24) is 25.1 Å². The number of H-pyrrole nitrogens is 1. The normalized spacial score (nSPS) is 20.5. The van der Waals surface area contributed by atoms with E-state index < -0.39 is 6.29 Å². The molecular weight excluding hydrogens is 703 g/mol. The zero-order valence-corrected chi connectivity index (χ0v) is 31.6. The number of ether oxygens (including phenoxy) is 2. The quantitative estimate of drug-likeness (QED) is 0.108. The summed E-state index contributed by atoms with van der Waals surface area (Å²) in [5.41, 5.74) is 8.76. The first-order valence-corrected chi connectivity index (χ1v) is 19.6. The fraction of sp³-hybridized carbons (Fsp3) is 0.304. The highest BCUT2D eigenvalue weighted by molar-refractivity contribution is 5.75. The Morgan fingerprint density at radius 3 is 2.21 bits per heavy atom. The van der Waals surface area contributed by atoms with Crippen molar-refractivity contribution in [2.75, 3.05) is 19.6 Å². The van der Waals surface area contributed by atoms with Crippen LogP contribution in [0.2, 0.25) is 0 Å². The van der Waals surface area contributed by atoms with Crippen LogP contribution in [0.1, 0.15) is 66.0 Å². The molecule has 0 radical (unpaired) electrons. The summed E-state index contributed by atoms with van der Waals surface area (Å²) in [4.78, 5) is 31.0. The monoisotopic (exact) mass is 751 g/mol. The van der Waals surface area contributed by atoms with Crippen molar-refractivity contribution in [3.63, 3.8) is 0 Å². The number of aliphatic hydroxyl groups excluding tert-OH is 1. The van der Waals surface area contributed by atoms with Gasteiger partial charge in [-0.05, 0) is 58.4 Å². The number of fused-ring (bicyclic) bond motifs is 1. The number of para-hydroxylation sites is 2. The molecule has 1 aromatic heterocycles. The van der Waals surface area contributed by atoms with Gasteiger partial charge in [0.1, 0.15) is 0 Å². The Balaban J connectivity index is 0.960. The second-order valence-corrected chi connectivity index (χ2v) is 15.0. The average molecular weight is 752 g/mol. The Hall–Kier alpha value is -5.52. The van der Waals surface area contributed by atoms with Crippen molar-refractivity contribution in [2.45, 2.75) is 64.0 Å². The van der Waals surface area contributed by atoms with Crippen LogP contribution < -0.4 is 16.3 Å². The highest BCUT2D eigenvalue weighted by Crippen LogP contribution is 2.42. The number of amides is 2. The van der Waals surface area contributed by atoms with E-state index in [-0.39, 0.29) is 42.5 Å². The Kier molecular flexibility index (Phi) is 11.4. The largest absolute Gasteiger partial charge is 0.392 e. The molecule has 3 heterocycles. The summed E-state index contributed by atoms with van der Waals surface area (Å²) >= 11 is 0. The predicted octanol–water partition coefficient (Wildman–Crippen LogP) is 7.62. The van der Waals surface area contributed by atoms with Crippen molar-refractivity contribution in [3.05, 3.63) is 166 Å². The van der Waals surface area contributed by atoms with Crippen LogP contribution in [0.15, 0.2) is 132 Å². The molecule has 10 nitrogen and oxygen atoms in total. The van der Waals surface area contributed by atoms with Crippen molar-refractivity contribution in [3.8, 4) is 11.1 Å². The maximum absolute atomic E-state index is 12.9. The molecule has 2 saturated heterocycles. The maximum Gasteiger partial charge on any atom is 0.326 e. The number of carbonyl (C=O) groups is 1. The highest BCUT2D eigenvalue weighted by Gasteiger charge is 2.39. The van der Waals surface area contributed by atoms with Crippen LogP contribution in [-0.4, -0.2) is 51.3 Å². The Morgan fingerprint density at radius 2 is 1.45 bits per heavy atom. The predicted molar refractivity (Wildman–Crippen MR) is 218 cm³/mol. The van der Waals surface area contributed by atoms with E-state index in [1.165, 1.54) is 0 Å². The minimum Gasteiger partial charge on any atom is -0.392 e. The summed E-state index contributed by atoms with van der Waals surface area (Å²) in [6.45, 7) is 5.51. The number of likely N-dealkylation sites (tertiary alicyclic amines) is 1. The SMILES string of the molecule is C[C@@H]1[C@H](CN2CCC(n3c(=O)[nH]c4ccccc43)CC2)O[C@H](c2ccc(-c3ccccc3CNC(=O)NCc3ccccc3)cc2)O[C@@H]1c1ccc(CO)cc1. The van der Waals surface area contributed by atoms with Gasteiger partial charge in [0.2, 0.25) is 0 Å². The lowest BCUT2D eigenvalue weighted by atomic mass is 9.89. The lowest BCUT2D eigenvalue weighted by molar-refractivity contribution is -0.276. The van der Waals surface area contributed by atoms with Crippen molar-refractivity contribution < 1.29 is 19.4 Å². The van der Waals surface area contributed by atoms with Crippen molar-refractivity contribution in [2.24, 2.45) is 5.92 Å². The third-order valence-electron chi connectivity index (χ3n) is 11.4. The fourth-order valence-corrected chi connectivity index (χ4v) is 8.17. The summed E-state index contributed by atoms with van der Waals surface area (Å²) in [6, 6.07) is 42.1. The molecule has 5 aromatic carbocycles. The van der Waals surface area contributed by atoms with Gasteiger partial charge in [0.25, 0.3) is 0 Å². The number of hydrogen-bond acceptors (Lipinski definition) is 6. The number of urea groups is 1. The van der Waals surface area contributed by atoms with Gasteiger partial charge in [-0.25, -0.2) is 9.59 Å². The number of carbonyl (C=O) groups excluding carboxylic acids is 1. The molecule has 8 rings (SSSR count). The van der Waals surface area contributed by atoms with Gasteiger partial charge >= 0.3 is 11.7 Å². The lowest BCUT2D eigenvalue weighted by Crippen LogP contribution is -2.47. The van der Waals surface area contributed by atoms with E-state index in [1.54, 1.807) is 0 Å². The maximum atomic E-state index is 12.9. The molecule has 6 aromatic rings. The van der Waals surface area contributed by atoms with Crippen LogP contribution in [0.3, 0.4) is 0 Å². The van der Waals surface area contributed by atoms with Crippen LogP contribution in [0, 0.1) is 5.92 Å². The number of aromatic amines is 1. The van der Waals surface area contributed by atoms with Crippen LogP contribution in [0.5, 0.6) is 0 Å². The van der Waals surface area contributed by atoms with Gasteiger partial charge in [0.15, 0.2) is 6.29 Å². The number of hydrogen-bond donors (Lipinski definition) is 4. The highest BCUT2D eigenvalue weighted by atomic mass is 16.7. The number of piperidine rings is 1. The van der Waals surface area contributed by atoms with E-state index in [1.807, 2.05) is 102 Å². The number of aliphatic hydroxyl groups is 1. The summed E-state index contributed by atoms with van der Waals surface area (Å²) in [6.07, 6.45) is 0.855. The van der Waals surface area contributed by atoms with Crippen LogP contribution in [0.25, 0.3) is 22.2 Å². The molecule has 2 aliphatic heterocycles. The number of benzene rings is 5. The molecule has 0 saturated carbocycles. The third-order valence-corrected chi connectivity index (χ3v) is 11.4. The third kappa shape index (κ3) is 8.34. The van der Waals surface area contributed by atoms with Gasteiger partial charge < -0.3 is 35.1 Å². The molecular formula is C46H49N5O5. The minimum atomic E-state index is -0.583. The van der Waals surface area contributed by atoms with Crippen LogP contribution >= 0.6 is 0 Å². The molecule has 0 aliphatic carbocycles. The zero-order valence-electron chi connectivity index (χ0n) is 31.6. The van der Waals surface area contributed by atoms with Crippen molar-refractivity contribution in [1.29, 1.82) is 0 Å². The molecule has 288 valence electrons. The topological polar surface area (TPSA) is 121 Å². The zero-order chi connectivity index (χ0) is 38.4. The number of rotatable bonds is 11. The molecule has 2 aliphatic rings. The molecule has 2 amide bonds. The van der Waals surface area contributed by atoms with E-state index in [0.717, 1.165) is 82.5 Å². The van der Waals surface area contributed by atoms with E-state index in [9.17, 15) is 14.7 Å². The number of nitrogens with zero attached hydrogens (tertiary/aromatic N) is 2. The smallest absolute Gasteiger partial charge is 0.326 e. The molecule has 10 heteroatoms. The second kappa shape index (κ2) is 17.1. The van der Waals surface area contributed by atoms with E-state index in [0.29, 0.717) is 13.1 Å². The fourth-order valence-electron chi connectivity index (χ4n) is 8.17. The van der Waals surface area contributed by atoms with Gasteiger partial charge in [0.05, 0.1) is 29.8 Å². The Morgan fingerprint density at radius 1 is 0.768 bits per heavy atom. The summed E-state index contributed by atoms with van der Waals surface area (Å²) in [5.74, 6) is 0.0590. The van der Waals surface area contributed by atoms with Crippen LogP contribution in [0.4, 0.5) is 4.79 Å². The summed E-state index contributed by atoms with van der Waals surface area (Å²) < 4.78 is 15.5.